The number of H-pyrrole nitrogens is 1. The Hall–Kier alpha value is -0.870. The lowest BCUT2D eigenvalue weighted by Crippen LogP contribution is -1.89. The molecule has 0 bridgehead atoms. The van der Waals surface area contributed by atoms with Crippen LogP contribution in [0.3, 0.4) is 0 Å². The predicted molar refractivity (Wildman–Crippen MR) is 46.3 cm³/mol. The van der Waals surface area contributed by atoms with E-state index >= 15 is 0 Å². The highest BCUT2D eigenvalue weighted by molar-refractivity contribution is 7.38. The van der Waals surface area contributed by atoms with Gasteiger partial charge in [-0.05, 0) is 16.2 Å². The number of nitrogens with zero attached hydrogens (tertiary/aromatic N) is 3. The topological polar surface area (TPSA) is 80.8 Å². The van der Waals surface area contributed by atoms with Crippen LogP contribution in [-0.2, 0) is 15.3 Å². The van der Waals surface area contributed by atoms with E-state index in [1.165, 1.54) is 0 Å². The minimum atomic E-state index is -1.68. The molecular formula is C6H12N4O2P+. The Morgan fingerprint density at radius 2 is 2.46 bits per heavy atom. The van der Waals surface area contributed by atoms with Crippen molar-refractivity contribution in [2.24, 2.45) is 0 Å². The van der Waals surface area contributed by atoms with Gasteiger partial charge in [0.2, 0.25) is 12.0 Å². The summed E-state index contributed by atoms with van der Waals surface area (Å²) in [6.07, 6.45) is 2.19. The van der Waals surface area contributed by atoms with E-state index < -0.39 is 8.03 Å². The van der Waals surface area contributed by atoms with Gasteiger partial charge in [-0.3, -0.25) is 0 Å². The molecule has 6 nitrogen and oxygen atoms in total. The van der Waals surface area contributed by atoms with Gasteiger partial charge in [0.25, 0.3) is 0 Å². The number of hydrogen-bond acceptors (Lipinski definition) is 5. The van der Waals surface area contributed by atoms with Gasteiger partial charge in [-0.2, -0.15) is 5.21 Å². The first-order valence-electron chi connectivity index (χ1n) is 4.13. The molecule has 1 unspecified atom stereocenters. The first kappa shape index (κ1) is 10.2. The van der Waals surface area contributed by atoms with Crippen LogP contribution in [0.4, 0.5) is 0 Å². The molecule has 1 atom stereocenters. The maximum absolute atomic E-state index is 11.2. The van der Waals surface area contributed by atoms with Gasteiger partial charge in [0, 0.05) is 0 Å². The van der Waals surface area contributed by atoms with E-state index in [0.717, 1.165) is 12.8 Å². The highest BCUT2D eigenvalue weighted by Crippen LogP contribution is 2.26. The fourth-order valence-corrected chi connectivity index (χ4v) is 1.51. The molecule has 0 saturated carbocycles. The van der Waals surface area contributed by atoms with Gasteiger partial charge in [0.15, 0.2) is 0 Å². The average molecular weight is 203 g/mol. The maximum Gasteiger partial charge on any atom is 0.516 e. The summed E-state index contributed by atoms with van der Waals surface area (Å²) < 4.78 is 16.2. The molecular weight excluding hydrogens is 191 g/mol. The van der Waals surface area contributed by atoms with Crippen LogP contribution in [0, 0.1) is 0 Å². The smallest absolute Gasteiger partial charge is 0.177 e. The van der Waals surface area contributed by atoms with Crippen molar-refractivity contribution in [2.45, 2.75) is 25.9 Å². The quantitative estimate of drug-likeness (QED) is 0.556. The normalized spacial score (nSPS) is 11.6. The summed E-state index contributed by atoms with van der Waals surface area (Å²) in [5, 5.41) is 13.0. The average Bonchev–Trinajstić information content (AvgIpc) is 2.57. The van der Waals surface area contributed by atoms with E-state index in [9.17, 15) is 4.57 Å². The molecule has 0 radical (unpaired) electrons. The van der Waals surface area contributed by atoms with E-state index in [1.807, 2.05) is 0 Å². The molecule has 1 N–H and O–H groups in total. The summed E-state index contributed by atoms with van der Waals surface area (Å²) in [4.78, 5) is 0. The molecule has 0 aliphatic carbocycles. The number of hydrogen-bond donors (Lipinski definition) is 1. The molecule has 0 aromatic carbocycles. The minimum absolute atomic E-state index is 0.232. The van der Waals surface area contributed by atoms with Crippen molar-refractivity contribution in [3.8, 4) is 0 Å². The lowest BCUT2D eigenvalue weighted by atomic mass is 10.4. The standard InChI is InChI=1S/C6H12N4O2P/c1-2-3-4-12-13(11)5-6-7-9-10-8-6/h2-5H2,1H3,(H,7,8,9,10)/q+1. The molecule has 13 heavy (non-hydrogen) atoms. The van der Waals surface area contributed by atoms with Crippen LogP contribution in [0.25, 0.3) is 0 Å². The molecule has 1 aromatic rings. The van der Waals surface area contributed by atoms with Crippen LogP contribution in [-0.4, -0.2) is 27.2 Å². The highest BCUT2D eigenvalue weighted by Gasteiger charge is 2.20. The van der Waals surface area contributed by atoms with Crippen LogP contribution >= 0.6 is 8.03 Å². The molecule has 0 amide bonds. The van der Waals surface area contributed by atoms with Gasteiger partial charge < -0.3 is 0 Å². The fourth-order valence-electron chi connectivity index (χ4n) is 0.721. The number of unbranched alkanes of at least 4 members (excludes halogenated alkanes) is 1. The van der Waals surface area contributed by atoms with Crippen molar-refractivity contribution in [3.63, 3.8) is 0 Å². The zero-order valence-electron chi connectivity index (χ0n) is 7.43. The van der Waals surface area contributed by atoms with Crippen molar-refractivity contribution in [1.82, 2.24) is 20.6 Å². The largest absolute Gasteiger partial charge is 0.516 e. The summed E-state index contributed by atoms with van der Waals surface area (Å²) in [7, 11) is -1.68. The number of aromatic amines is 1. The zero-order valence-corrected chi connectivity index (χ0v) is 8.33. The fraction of sp³-hybridized carbons (Fsp3) is 0.833. The first-order valence-corrected chi connectivity index (χ1v) is 5.49. The van der Waals surface area contributed by atoms with Crippen LogP contribution in [0.1, 0.15) is 25.6 Å². The van der Waals surface area contributed by atoms with Crippen molar-refractivity contribution in [1.29, 1.82) is 0 Å². The molecule has 0 spiro atoms. The second kappa shape index (κ2) is 5.72. The molecule has 0 saturated heterocycles. The molecule has 1 aromatic heterocycles. The van der Waals surface area contributed by atoms with Gasteiger partial charge in [0.05, 0.1) is 0 Å². The summed E-state index contributed by atoms with van der Waals surface area (Å²) in [6.45, 7) is 2.58. The van der Waals surface area contributed by atoms with E-state index in [-0.39, 0.29) is 6.16 Å². The van der Waals surface area contributed by atoms with Crippen molar-refractivity contribution < 1.29 is 9.09 Å². The van der Waals surface area contributed by atoms with Crippen molar-refractivity contribution in [3.05, 3.63) is 5.82 Å². The summed E-state index contributed by atoms with van der Waals surface area (Å²) >= 11 is 0. The third-order valence-electron chi connectivity index (χ3n) is 1.39. The molecule has 1 rings (SSSR count). The highest BCUT2D eigenvalue weighted by atomic mass is 31.1. The van der Waals surface area contributed by atoms with Crippen molar-refractivity contribution in [2.75, 3.05) is 6.61 Å². The summed E-state index contributed by atoms with van der Waals surface area (Å²) in [5.41, 5.74) is 0. The Labute approximate surface area is 76.9 Å². The number of rotatable bonds is 6. The van der Waals surface area contributed by atoms with Gasteiger partial charge in [-0.1, -0.05) is 13.3 Å². The van der Waals surface area contributed by atoms with E-state index in [1.54, 1.807) is 0 Å². The second-order valence-electron chi connectivity index (χ2n) is 2.51. The molecule has 0 aliphatic heterocycles. The van der Waals surface area contributed by atoms with Crippen molar-refractivity contribution >= 4 is 8.03 Å². The molecule has 7 heteroatoms. The lowest BCUT2D eigenvalue weighted by Gasteiger charge is -1.87. The summed E-state index contributed by atoms with van der Waals surface area (Å²) in [5.74, 6) is 0.428. The molecule has 72 valence electrons. The van der Waals surface area contributed by atoms with Gasteiger partial charge in [-0.15, -0.1) is 14.7 Å². The monoisotopic (exact) mass is 203 g/mol. The number of tetrazole rings is 1. The molecule has 0 aliphatic rings. The Morgan fingerprint density at radius 3 is 3.08 bits per heavy atom. The third kappa shape index (κ3) is 4.05. The van der Waals surface area contributed by atoms with Crippen LogP contribution < -0.4 is 0 Å². The van der Waals surface area contributed by atoms with Gasteiger partial charge in [0.1, 0.15) is 6.61 Å². The van der Waals surface area contributed by atoms with E-state index in [2.05, 4.69) is 27.5 Å². The summed E-state index contributed by atoms with van der Waals surface area (Å²) in [6, 6.07) is 0. The van der Waals surface area contributed by atoms with Gasteiger partial charge >= 0.3 is 8.03 Å². The Balaban J connectivity index is 2.18. The lowest BCUT2D eigenvalue weighted by molar-refractivity contribution is 0.320. The van der Waals surface area contributed by atoms with E-state index in [0.29, 0.717) is 12.4 Å². The first-order chi connectivity index (χ1) is 6.33. The number of nitrogens with one attached hydrogen (secondary N) is 1. The maximum atomic E-state index is 11.2. The van der Waals surface area contributed by atoms with Crippen LogP contribution in [0.5, 0.6) is 0 Å². The zero-order chi connectivity index (χ0) is 9.52. The Morgan fingerprint density at radius 1 is 1.62 bits per heavy atom. The van der Waals surface area contributed by atoms with Crippen LogP contribution in [0.15, 0.2) is 0 Å². The Bertz CT molecular complexity index is 251. The third-order valence-corrected chi connectivity index (χ3v) is 2.40. The molecule has 1 heterocycles. The predicted octanol–water partition coefficient (Wildman–Crippen LogP) is 1.26. The number of aromatic nitrogens is 4. The minimum Gasteiger partial charge on any atom is -0.177 e. The van der Waals surface area contributed by atoms with Crippen LogP contribution in [0.2, 0.25) is 0 Å². The van der Waals surface area contributed by atoms with Gasteiger partial charge in [-0.25, -0.2) is 0 Å². The van der Waals surface area contributed by atoms with E-state index in [4.69, 9.17) is 4.52 Å². The molecule has 0 fully saturated rings. The second-order valence-corrected chi connectivity index (χ2v) is 3.75. The Kier molecular flexibility index (Phi) is 4.49. The SMILES string of the molecule is CCCCO[P+](=O)Cc1nn[nH]n1.